The van der Waals surface area contributed by atoms with E-state index in [2.05, 4.69) is 21.1 Å². The fourth-order valence-electron chi connectivity index (χ4n) is 1.09. The molecular weight excluding hydrogens is 302 g/mol. The molecule has 1 rings (SSSR count). The zero-order valence-electron chi connectivity index (χ0n) is 7.16. The van der Waals surface area contributed by atoms with Crippen LogP contribution in [-0.2, 0) is 21.1 Å². The van der Waals surface area contributed by atoms with Crippen LogP contribution in [0.2, 0.25) is 0 Å². The minimum atomic E-state index is -1.25. The van der Waals surface area contributed by atoms with E-state index in [1.54, 1.807) is 11.8 Å². The summed E-state index contributed by atoms with van der Waals surface area (Å²) in [6, 6.07) is 0. The molecule has 1 atom stereocenters. The molecule has 0 amide bonds. The van der Waals surface area contributed by atoms with Crippen LogP contribution in [-0.4, -0.2) is 41.8 Å². The maximum atomic E-state index is 8.73. The Bertz CT molecular complexity index is 211. The quantitative estimate of drug-likeness (QED) is 0.445. The van der Waals surface area contributed by atoms with Crippen LogP contribution in [0.5, 0.6) is 0 Å². The van der Waals surface area contributed by atoms with Crippen LogP contribution in [0.15, 0.2) is 0 Å². The molecule has 1 saturated heterocycles. The van der Waals surface area contributed by atoms with Gasteiger partial charge in [0, 0.05) is 0 Å². The van der Waals surface area contributed by atoms with Crippen molar-refractivity contribution in [2.24, 2.45) is 0 Å². The molecular formula is C7H12AgNO2S2. The van der Waals surface area contributed by atoms with Crippen LogP contribution in [0.3, 0.4) is 0 Å². The molecule has 1 fully saturated rings. The summed E-state index contributed by atoms with van der Waals surface area (Å²) in [6.07, 6.45) is -0.932. The van der Waals surface area contributed by atoms with E-state index < -0.39 is 6.29 Å². The molecule has 13 heavy (non-hydrogen) atoms. The van der Waals surface area contributed by atoms with Crippen molar-refractivity contribution in [2.45, 2.75) is 23.4 Å². The van der Waals surface area contributed by atoms with E-state index in [0.717, 1.165) is 10.1 Å². The number of thiocarbonyl (C=S) groups is 1. The van der Waals surface area contributed by atoms with Crippen LogP contribution in [0.25, 0.3) is 0 Å². The average Bonchev–Trinajstić information content (AvgIpc) is 2.23. The topological polar surface area (TPSA) is 43.7 Å². The first-order chi connectivity index (χ1) is 5.93. The van der Waals surface area contributed by atoms with Crippen molar-refractivity contribution in [1.29, 1.82) is 0 Å². The Morgan fingerprint density at radius 2 is 2.38 bits per heavy atom. The van der Waals surface area contributed by atoms with Gasteiger partial charge in [0.1, 0.15) is 0 Å². The molecule has 0 spiro atoms. The van der Waals surface area contributed by atoms with E-state index in [-0.39, 0.29) is 3.76 Å². The van der Waals surface area contributed by atoms with Gasteiger partial charge in [0.05, 0.1) is 0 Å². The molecule has 0 radical (unpaired) electrons. The van der Waals surface area contributed by atoms with E-state index in [4.69, 9.17) is 22.4 Å². The van der Waals surface area contributed by atoms with Gasteiger partial charge in [-0.25, -0.2) is 0 Å². The van der Waals surface area contributed by atoms with Crippen molar-refractivity contribution in [3.63, 3.8) is 0 Å². The molecule has 0 bridgehead atoms. The second-order valence-corrected chi connectivity index (χ2v) is 6.24. The van der Waals surface area contributed by atoms with Gasteiger partial charge >= 0.3 is 100 Å². The molecule has 1 aliphatic rings. The summed E-state index contributed by atoms with van der Waals surface area (Å²) in [5, 5.41) is 17.5. The van der Waals surface area contributed by atoms with Gasteiger partial charge in [0.25, 0.3) is 0 Å². The molecule has 0 aromatic carbocycles. The molecule has 1 heterocycles. The SMILES string of the molecule is C[C]1([Ag])CSC(=S)N1CCC(O)O. The Kier molecular flexibility index (Phi) is 4.25. The van der Waals surface area contributed by atoms with Crippen molar-refractivity contribution in [1.82, 2.24) is 4.90 Å². The summed E-state index contributed by atoms with van der Waals surface area (Å²) >= 11 is 10.3. The molecule has 1 unspecified atom stereocenters. The maximum absolute atomic E-state index is 8.73. The Morgan fingerprint density at radius 3 is 2.77 bits per heavy atom. The van der Waals surface area contributed by atoms with Crippen LogP contribution >= 0.6 is 24.0 Å². The number of aliphatic hydroxyl groups is 2. The van der Waals surface area contributed by atoms with Crippen LogP contribution in [0.4, 0.5) is 0 Å². The Hall–Kier alpha value is 0.900. The van der Waals surface area contributed by atoms with Gasteiger partial charge in [0.15, 0.2) is 0 Å². The van der Waals surface area contributed by atoms with E-state index >= 15 is 0 Å². The molecule has 80 valence electrons. The van der Waals surface area contributed by atoms with Gasteiger partial charge in [0.2, 0.25) is 0 Å². The molecule has 0 aromatic rings. The predicted octanol–water partition coefficient (Wildman–Crippen LogP) is 0.284. The van der Waals surface area contributed by atoms with Gasteiger partial charge in [-0.2, -0.15) is 0 Å². The van der Waals surface area contributed by atoms with Crippen molar-refractivity contribution < 1.29 is 31.3 Å². The van der Waals surface area contributed by atoms with Crippen molar-refractivity contribution in [3.05, 3.63) is 0 Å². The molecule has 2 N–H and O–H groups in total. The zero-order valence-corrected chi connectivity index (χ0v) is 10.3. The van der Waals surface area contributed by atoms with E-state index in [9.17, 15) is 0 Å². The van der Waals surface area contributed by atoms with Crippen LogP contribution in [0, 0.1) is 0 Å². The molecule has 0 aliphatic carbocycles. The van der Waals surface area contributed by atoms with Gasteiger partial charge in [-0.05, 0) is 0 Å². The first kappa shape index (κ1) is 12.0. The second-order valence-electron chi connectivity index (χ2n) is 3.04. The number of thioether (sulfide) groups is 1. The van der Waals surface area contributed by atoms with E-state index in [0.29, 0.717) is 13.0 Å². The summed E-state index contributed by atoms with van der Waals surface area (Å²) in [4.78, 5) is 1.98. The summed E-state index contributed by atoms with van der Waals surface area (Å²) in [5.41, 5.74) is 0. The zero-order chi connectivity index (χ0) is 10.1. The third kappa shape index (κ3) is 3.20. The first-order valence-electron chi connectivity index (χ1n) is 3.89. The monoisotopic (exact) mass is 313 g/mol. The number of nitrogens with zero attached hydrogens (tertiary/aromatic N) is 1. The third-order valence-corrected chi connectivity index (χ3v) is 4.55. The summed E-state index contributed by atoms with van der Waals surface area (Å²) in [5.74, 6) is 0.895. The third-order valence-electron chi connectivity index (χ3n) is 1.82. The Labute approximate surface area is 99.8 Å². The van der Waals surface area contributed by atoms with Gasteiger partial charge in [-0.3, -0.25) is 0 Å². The molecule has 6 heteroatoms. The number of aliphatic hydroxyl groups excluding tert-OH is 1. The Balaban J connectivity index is 2.51. The number of hydrogen-bond acceptors (Lipinski definition) is 4. The minimum absolute atomic E-state index is 0.138. The normalized spacial score (nSPS) is 29.1. The standard InChI is InChI=1S/C7H12NO2S2.Ag/c1-5-4-12-7(11)8(5)3-2-6(9)10;/h6,9-10H,2-4H2,1H3;. The fourth-order valence-corrected chi connectivity index (χ4v) is 3.39. The second kappa shape index (κ2) is 4.61. The van der Waals surface area contributed by atoms with Crippen molar-refractivity contribution >= 4 is 28.3 Å². The fraction of sp³-hybridized carbons (Fsp3) is 0.857. The van der Waals surface area contributed by atoms with Crippen molar-refractivity contribution in [3.8, 4) is 0 Å². The van der Waals surface area contributed by atoms with Crippen LogP contribution in [0.1, 0.15) is 13.3 Å². The average molecular weight is 314 g/mol. The first-order valence-corrected chi connectivity index (χ1v) is 6.02. The van der Waals surface area contributed by atoms with Gasteiger partial charge in [-0.1, -0.05) is 0 Å². The van der Waals surface area contributed by atoms with Gasteiger partial charge < -0.3 is 0 Å². The summed E-state index contributed by atoms with van der Waals surface area (Å²) < 4.78 is 0.681. The summed E-state index contributed by atoms with van der Waals surface area (Å²) in [7, 11) is 0. The predicted molar refractivity (Wildman–Crippen MR) is 53.0 cm³/mol. The molecule has 1 aliphatic heterocycles. The Morgan fingerprint density at radius 1 is 1.77 bits per heavy atom. The number of hydrogen-bond donors (Lipinski definition) is 2. The summed E-state index contributed by atoms with van der Waals surface area (Å²) in [6.45, 7) is 2.60. The molecule has 3 nitrogen and oxygen atoms in total. The number of rotatable bonds is 3. The molecule has 0 aromatic heterocycles. The van der Waals surface area contributed by atoms with E-state index in [1.807, 2.05) is 11.8 Å². The van der Waals surface area contributed by atoms with E-state index in [1.165, 1.54) is 0 Å². The van der Waals surface area contributed by atoms with Gasteiger partial charge in [-0.15, -0.1) is 0 Å². The van der Waals surface area contributed by atoms with Crippen LogP contribution < -0.4 is 0 Å². The van der Waals surface area contributed by atoms with Crippen molar-refractivity contribution in [2.75, 3.05) is 12.3 Å². The molecule has 0 saturated carbocycles.